The Balaban J connectivity index is 1.46. The summed E-state index contributed by atoms with van der Waals surface area (Å²) in [5.74, 6) is -0.109. The van der Waals surface area contributed by atoms with Gasteiger partial charge in [0.2, 0.25) is 0 Å². The van der Waals surface area contributed by atoms with Crippen LogP contribution in [0.4, 0.5) is 0 Å². The highest BCUT2D eigenvalue weighted by Crippen LogP contribution is 2.27. The molecule has 3 aromatic rings. The molecule has 0 heterocycles. The van der Waals surface area contributed by atoms with E-state index < -0.39 is 17.8 Å². The number of esters is 1. The fraction of sp³-hybridized carbons (Fsp3) is 0.154. The van der Waals surface area contributed by atoms with Gasteiger partial charge in [-0.15, -0.1) is 0 Å². The molecule has 0 atom stereocenters. The lowest BCUT2D eigenvalue weighted by Gasteiger charge is -2.09. The summed E-state index contributed by atoms with van der Waals surface area (Å²) >= 11 is 0. The van der Waals surface area contributed by atoms with Crippen LogP contribution < -0.4 is 25.0 Å². The zero-order chi connectivity index (χ0) is 25.2. The Labute approximate surface area is 202 Å². The quantitative estimate of drug-likeness (QED) is 0.213. The average Bonchev–Trinajstić information content (AvgIpc) is 2.88. The SMILES string of the molecule is COc1ccc(C(=O)NCC(=O)N/N=C/c2ccc(OC(=O)c3ccc(C)cc3)cc2)cc1OC. The van der Waals surface area contributed by atoms with Gasteiger partial charge >= 0.3 is 5.97 Å². The van der Waals surface area contributed by atoms with Gasteiger partial charge < -0.3 is 19.5 Å². The van der Waals surface area contributed by atoms with E-state index in [1.54, 1.807) is 48.5 Å². The molecule has 0 radical (unpaired) electrons. The molecular weight excluding hydrogens is 450 g/mol. The average molecular weight is 476 g/mol. The molecule has 9 heteroatoms. The van der Waals surface area contributed by atoms with E-state index in [1.807, 2.05) is 19.1 Å². The van der Waals surface area contributed by atoms with Crippen LogP contribution >= 0.6 is 0 Å². The van der Waals surface area contributed by atoms with Crippen LogP contribution in [0.2, 0.25) is 0 Å². The summed E-state index contributed by atoms with van der Waals surface area (Å²) in [5.41, 5.74) is 4.85. The number of carbonyl (C=O) groups excluding carboxylic acids is 3. The molecule has 35 heavy (non-hydrogen) atoms. The van der Waals surface area contributed by atoms with E-state index in [-0.39, 0.29) is 6.54 Å². The van der Waals surface area contributed by atoms with Crippen LogP contribution in [0.1, 0.15) is 31.8 Å². The fourth-order valence-electron chi connectivity index (χ4n) is 2.94. The van der Waals surface area contributed by atoms with Crippen molar-refractivity contribution in [2.24, 2.45) is 5.10 Å². The molecule has 0 bridgehead atoms. The van der Waals surface area contributed by atoms with E-state index in [1.165, 1.54) is 26.5 Å². The van der Waals surface area contributed by atoms with Gasteiger partial charge in [-0.05, 0) is 67.1 Å². The van der Waals surface area contributed by atoms with Crippen LogP contribution in [0.15, 0.2) is 71.8 Å². The van der Waals surface area contributed by atoms with Gasteiger partial charge in [-0.2, -0.15) is 5.10 Å². The third-order valence-corrected chi connectivity index (χ3v) is 4.84. The number of hydrogen-bond donors (Lipinski definition) is 2. The van der Waals surface area contributed by atoms with Crippen LogP contribution in [-0.2, 0) is 4.79 Å². The first kappa shape index (κ1) is 25.0. The van der Waals surface area contributed by atoms with Crippen LogP contribution in [-0.4, -0.2) is 44.8 Å². The molecule has 0 aromatic heterocycles. The molecule has 2 amide bonds. The molecule has 0 fully saturated rings. The minimum absolute atomic E-state index is 0.265. The summed E-state index contributed by atoms with van der Waals surface area (Å²) in [6, 6.07) is 18.4. The smallest absolute Gasteiger partial charge is 0.343 e. The zero-order valence-corrected chi connectivity index (χ0v) is 19.5. The maximum Gasteiger partial charge on any atom is 0.343 e. The van der Waals surface area contributed by atoms with E-state index in [4.69, 9.17) is 14.2 Å². The van der Waals surface area contributed by atoms with Crippen LogP contribution in [0.25, 0.3) is 0 Å². The molecule has 0 aliphatic carbocycles. The number of nitrogens with zero attached hydrogens (tertiary/aromatic N) is 1. The molecule has 0 saturated heterocycles. The number of methoxy groups -OCH3 is 2. The van der Waals surface area contributed by atoms with Crippen molar-refractivity contribution < 1.29 is 28.6 Å². The molecular formula is C26H25N3O6. The number of aryl methyl sites for hydroxylation is 1. The number of rotatable bonds is 9. The topological polar surface area (TPSA) is 115 Å². The maximum absolute atomic E-state index is 12.3. The first-order chi connectivity index (χ1) is 16.9. The van der Waals surface area contributed by atoms with Crippen LogP contribution in [0, 0.1) is 6.92 Å². The van der Waals surface area contributed by atoms with E-state index in [0.717, 1.165) is 5.56 Å². The highest BCUT2D eigenvalue weighted by atomic mass is 16.5. The second-order valence-corrected chi connectivity index (χ2v) is 7.37. The molecule has 0 spiro atoms. The Hall–Kier alpha value is -4.66. The highest BCUT2D eigenvalue weighted by Gasteiger charge is 2.12. The lowest BCUT2D eigenvalue weighted by molar-refractivity contribution is -0.120. The van der Waals surface area contributed by atoms with Gasteiger partial charge in [0, 0.05) is 5.56 Å². The largest absolute Gasteiger partial charge is 0.493 e. The predicted molar refractivity (Wildman–Crippen MR) is 130 cm³/mol. The van der Waals surface area contributed by atoms with E-state index in [2.05, 4.69) is 15.8 Å². The minimum atomic E-state index is -0.501. The van der Waals surface area contributed by atoms with Gasteiger partial charge in [0.25, 0.3) is 11.8 Å². The lowest BCUT2D eigenvalue weighted by atomic mass is 10.1. The van der Waals surface area contributed by atoms with Crippen molar-refractivity contribution in [3.63, 3.8) is 0 Å². The van der Waals surface area contributed by atoms with Crippen molar-refractivity contribution in [2.45, 2.75) is 6.92 Å². The molecule has 180 valence electrons. The summed E-state index contributed by atoms with van der Waals surface area (Å²) in [6.45, 7) is 1.67. The Bertz CT molecular complexity index is 1220. The van der Waals surface area contributed by atoms with Gasteiger partial charge in [0.15, 0.2) is 11.5 Å². The van der Waals surface area contributed by atoms with Crippen molar-refractivity contribution in [2.75, 3.05) is 20.8 Å². The number of benzene rings is 3. The Kier molecular flexibility index (Phi) is 8.55. The molecule has 3 rings (SSSR count). The first-order valence-corrected chi connectivity index (χ1v) is 10.6. The third kappa shape index (κ3) is 7.16. The lowest BCUT2D eigenvalue weighted by Crippen LogP contribution is -2.34. The van der Waals surface area contributed by atoms with Gasteiger partial charge in [0.05, 0.1) is 32.5 Å². The second kappa shape index (κ2) is 12.0. The minimum Gasteiger partial charge on any atom is -0.493 e. The molecule has 0 aliphatic heterocycles. The fourth-order valence-corrected chi connectivity index (χ4v) is 2.94. The monoisotopic (exact) mass is 475 g/mol. The maximum atomic E-state index is 12.3. The van der Waals surface area contributed by atoms with Crippen molar-refractivity contribution in [3.8, 4) is 17.2 Å². The number of amides is 2. The highest BCUT2D eigenvalue weighted by molar-refractivity contribution is 5.97. The van der Waals surface area contributed by atoms with E-state index in [0.29, 0.717) is 33.9 Å². The molecule has 0 saturated carbocycles. The van der Waals surface area contributed by atoms with Gasteiger partial charge in [-0.3, -0.25) is 9.59 Å². The normalized spacial score (nSPS) is 10.5. The molecule has 9 nitrogen and oxygen atoms in total. The Morgan fingerprint density at radius 2 is 1.51 bits per heavy atom. The second-order valence-electron chi connectivity index (χ2n) is 7.37. The van der Waals surface area contributed by atoms with Crippen molar-refractivity contribution in [3.05, 3.63) is 89.0 Å². The van der Waals surface area contributed by atoms with E-state index >= 15 is 0 Å². The Morgan fingerprint density at radius 3 is 2.17 bits per heavy atom. The van der Waals surface area contributed by atoms with Crippen LogP contribution in [0.5, 0.6) is 17.2 Å². The number of hydrogen-bond acceptors (Lipinski definition) is 7. The molecule has 2 N–H and O–H groups in total. The van der Waals surface area contributed by atoms with Gasteiger partial charge in [-0.25, -0.2) is 10.2 Å². The summed E-state index contributed by atoms with van der Waals surface area (Å²) in [5, 5.41) is 6.38. The van der Waals surface area contributed by atoms with Crippen molar-refractivity contribution in [1.82, 2.24) is 10.7 Å². The summed E-state index contributed by atoms with van der Waals surface area (Å²) < 4.78 is 15.7. The standard InChI is InChI=1S/C26H25N3O6/c1-17-4-8-19(9-5-17)26(32)35-21-11-6-18(7-12-21)15-28-29-24(30)16-27-25(31)20-10-13-22(33-2)23(14-20)34-3/h4-15H,16H2,1-3H3,(H,27,31)(H,29,30)/b28-15+. The van der Waals surface area contributed by atoms with Gasteiger partial charge in [-0.1, -0.05) is 17.7 Å². The van der Waals surface area contributed by atoms with Crippen molar-refractivity contribution in [1.29, 1.82) is 0 Å². The first-order valence-electron chi connectivity index (χ1n) is 10.6. The Morgan fingerprint density at radius 1 is 0.857 bits per heavy atom. The number of hydrazone groups is 1. The predicted octanol–water partition coefficient (Wildman–Crippen LogP) is 3.11. The number of ether oxygens (including phenoxy) is 3. The third-order valence-electron chi connectivity index (χ3n) is 4.84. The van der Waals surface area contributed by atoms with Gasteiger partial charge in [0.1, 0.15) is 5.75 Å². The zero-order valence-electron chi connectivity index (χ0n) is 19.5. The summed E-state index contributed by atoms with van der Waals surface area (Å²) in [4.78, 5) is 36.4. The van der Waals surface area contributed by atoms with Crippen molar-refractivity contribution >= 4 is 24.0 Å². The van der Waals surface area contributed by atoms with E-state index in [9.17, 15) is 14.4 Å². The molecule has 3 aromatic carbocycles. The summed E-state index contributed by atoms with van der Waals surface area (Å²) in [7, 11) is 2.97. The summed E-state index contributed by atoms with van der Waals surface area (Å²) in [6.07, 6.45) is 1.43. The number of nitrogens with one attached hydrogen (secondary N) is 2. The molecule has 0 unspecified atom stereocenters. The molecule has 0 aliphatic rings. The van der Waals surface area contributed by atoms with Crippen LogP contribution in [0.3, 0.4) is 0 Å². The number of carbonyl (C=O) groups is 3.